The van der Waals surface area contributed by atoms with Gasteiger partial charge in [0.1, 0.15) is 6.04 Å². The number of amides is 3. The Kier molecular flexibility index (Phi) is 5.37. The molecule has 0 radical (unpaired) electrons. The van der Waals surface area contributed by atoms with E-state index in [4.69, 9.17) is 11.6 Å². The number of halogens is 1. The van der Waals surface area contributed by atoms with Gasteiger partial charge in [-0.25, -0.2) is 0 Å². The van der Waals surface area contributed by atoms with Crippen molar-refractivity contribution in [1.29, 1.82) is 0 Å². The molecule has 2 atom stereocenters. The number of anilines is 1. The fourth-order valence-corrected chi connectivity index (χ4v) is 5.31. The zero-order valence-corrected chi connectivity index (χ0v) is 18.2. The first-order chi connectivity index (χ1) is 15.0. The molecule has 3 aliphatic rings. The second kappa shape index (κ2) is 8.18. The predicted octanol–water partition coefficient (Wildman–Crippen LogP) is 2.27. The molecule has 0 aliphatic carbocycles. The summed E-state index contributed by atoms with van der Waals surface area (Å²) < 4.78 is 0. The first-order valence-electron chi connectivity index (χ1n) is 10.1. The Morgan fingerprint density at radius 3 is 2.58 bits per heavy atom. The van der Waals surface area contributed by atoms with E-state index in [0.717, 1.165) is 22.8 Å². The van der Waals surface area contributed by atoms with Gasteiger partial charge in [0.25, 0.3) is 5.91 Å². The minimum absolute atomic E-state index is 0.00307. The fourth-order valence-electron chi connectivity index (χ4n) is 4.25. The number of hydrogen-bond acceptors (Lipinski definition) is 5. The number of thioether (sulfide) groups is 1. The van der Waals surface area contributed by atoms with Gasteiger partial charge in [-0.05, 0) is 35.4 Å². The van der Waals surface area contributed by atoms with E-state index >= 15 is 0 Å². The van der Waals surface area contributed by atoms with Crippen LogP contribution in [0.15, 0.2) is 42.5 Å². The largest absolute Gasteiger partial charge is 0.337 e. The molecule has 0 bridgehead atoms. The highest BCUT2D eigenvalue weighted by molar-refractivity contribution is 7.99. The highest BCUT2D eigenvalue weighted by Gasteiger charge is 2.41. The number of piperazine rings is 1. The van der Waals surface area contributed by atoms with Crippen LogP contribution in [0.5, 0.6) is 0 Å². The quantitative estimate of drug-likeness (QED) is 0.724. The summed E-state index contributed by atoms with van der Waals surface area (Å²) in [6.45, 7) is 0.952. The lowest BCUT2D eigenvalue weighted by atomic mass is 10.0. The van der Waals surface area contributed by atoms with Crippen molar-refractivity contribution >= 4 is 46.8 Å². The molecule has 31 heavy (non-hydrogen) atoms. The number of nitrogens with one attached hydrogen (secondary N) is 2. The zero-order chi connectivity index (χ0) is 21.5. The molecule has 0 spiro atoms. The summed E-state index contributed by atoms with van der Waals surface area (Å²) in [5, 5.41) is 6.71. The molecule has 2 fully saturated rings. The Morgan fingerprint density at radius 2 is 1.84 bits per heavy atom. The van der Waals surface area contributed by atoms with E-state index in [1.807, 2.05) is 18.2 Å². The predicted molar refractivity (Wildman–Crippen MR) is 121 cm³/mol. The third-order valence-electron chi connectivity index (χ3n) is 5.96. The Morgan fingerprint density at radius 1 is 1.06 bits per heavy atom. The number of carbonyl (C=O) groups excluding carboxylic acids is 3. The third-order valence-corrected chi connectivity index (χ3v) is 7.15. The first-order valence-corrected chi connectivity index (χ1v) is 11.7. The van der Waals surface area contributed by atoms with Crippen molar-refractivity contribution in [3.8, 4) is 11.1 Å². The van der Waals surface area contributed by atoms with E-state index in [2.05, 4.69) is 10.6 Å². The number of carbonyl (C=O) groups is 3. The lowest BCUT2D eigenvalue weighted by Gasteiger charge is -2.40. The molecule has 2 saturated heterocycles. The minimum atomic E-state index is -0.703. The third kappa shape index (κ3) is 3.79. The summed E-state index contributed by atoms with van der Waals surface area (Å²) in [5.41, 5.74) is 2.75. The minimum Gasteiger partial charge on any atom is -0.337 e. The van der Waals surface area contributed by atoms with Crippen molar-refractivity contribution in [1.82, 2.24) is 15.1 Å². The molecule has 7 nitrogen and oxygen atoms in total. The molecular weight excluding hydrogens is 436 g/mol. The molecule has 3 aliphatic heterocycles. The maximum absolute atomic E-state index is 13.4. The average molecular weight is 457 g/mol. The SMILES string of the molecule is O=C1Nc2ccc(-c3ccc(Cl)cc3)cc2C(=O)N2CCN(C(=O)[C@@H]3CSCN3)C[C@H]12. The summed E-state index contributed by atoms with van der Waals surface area (Å²) in [4.78, 5) is 42.4. The van der Waals surface area contributed by atoms with E-state index in [9.17, 15) is 14.4 Å². The summed E-state index contributed by atoms with van der Waals surface area (Å²) in [5.74, 6) is 1.02. The van der Waals surface area contributed by atoms with Crippen LogP contribution in [0.2, 0.25) is 5.02 Å². The monoisotopic (exact) mass is 456 g/mol. The number of hydrogen-bond donors (Lipinski definition) is 2. The first kappa shape index (κ1) is 20.4. The Bertz CT molecular complexity index is 1060. The van der Waals surface area contributed by atoms with Crippen molar-refractivity contribution < 1.29 is 14.4 Å². The van der Waals surface area contributed by atoms with Crippen LogP contribution in [-0.2, 0) is 9.59 Å². The van der Waals surface area contributed by atoms with Gasteiger partial charge in [0, 0.05) is 29.7 Å². The van der Waals surface area contributed by atoms with Crippen molar-refractivity contribution in [3.63, 3.8) is 0 Å². The lowest BCUT2D eigenvalue weighted by Crippen LogP contribution is -2.61. The van der Waals surface area contributed by atoms with Crippen molar-refractivity contribution in [2.24, 2.45) is 0 Å². The molecule has 2 aromatic rings. The Balaban J connectivity index is 1.41. The van der Waals surface area contributed by atoms with Crippen LogP contribution >= 0.6 is 23.4 Å². The topological polar surface area (TPSA) is 81.8 Å². The van der Waals surface area contributed by atoms with Gasteiger partial charge in [-0.3, -0.25) is 19.7 Å². The number of nitrogens with zero attached hydrogens (tertiary/aromatic N) is 2. The molecule has 2 aromatic carbocycles. The Hall–Kier alpha value is -2.55. The van der Waals surface area contributed by atoms with Crippen LogP contribution in [0.1, 0.15) is 10.4 Å². The molecule has 0 unspecified atom stereocenters. The smallest absolute Gasteiger partial charge is 0.256 e. The zero-order valence-electron chi connectivity index (χ0n) is 16.6. The molecule has 0 saturated carbocycles. The molecule has 3 heterocycles. The van der Waals surface area contributed by atoms with Crippen molar-refractivity contribution in [2.45, 2.75) is 12.1 Å². The molecular formula is C22H21ClN4O3S. The van der Waals surface area contributed by atoms with E-state index in [1.165, 1.54) is 0 Å². The van der Waals surface area contributed by atoms with Crippen LogP contribution in [-0.4, -0.2) is 70.9 Å². The van der Waals surface area contributed by atoms with E-state index < -0.39 is 6.04 Å². The van der Waals surface area contributed by atoms with E-state index in [-0.39, 0.29) is 30.3 Å². The maximum Gasteiger partial charge on any atom is 0.256 e. The second-order valence-corrected chi connectivity index (χ2v) is 9.29. The summed E-state index contributed by atoms with van der Waals surface area (Å²) >= 11 is 7.67. The van der Waals surface area contributed by atoms with E-state index in [1.54, 1.807) is 45.8 Å². The van der Waals surface area contributed by atoms with Gasteiger partial charge in [-0.2, -0.15) is 0 Å². The summed E-state index contributed by atoms with van der Waals surface area (Å²) in [6, 6.07) is 11.9. The van der Waals surface area contributed by atoms with Gasteiger partial charge in [-0.15, -0.1) is 11.8 Å². The van der Waals surface area contributed by atoms with Gasteiger partial charge >= 0.3 is 0 Å². The van der Waals surface area contributed by atoms with Crippen LogP contribution in [0, 0.1) is 0 Å². The Labute approximate surface area is 189 Å². The van der Waals surface area contributed by atoms with Gasteiger partial charge in [-0.1, -0.05) is 29.8 Å². The second-order valence-electron chi connectivity index (χ2n) is 7.83. The van der Waals surface area contributed by atoms with Gasteiger partial charge in [0.2, 0.25) is 11.8 Å². The van der Waals surface area contributed by atoms with Crippen molar-refractivity contribution in [2.75, 3.05) is 36.6 Å². The van der Waals surface area contributed by atoms with E-state index in [0.29, 0.717) is 29.4 Å². The molecule has 9 heteroatoms. The lowest BCUT2D eigenvalue weighted by molar-refractivity contribution is -0.137. The fraction of sp³-hybridized carbons (Fsp3) is 0.318. The highest BCUT2D eigenvalue weighted by atomic mass is 35.5. The van der Waals surface area contributed by atoms with Gasteiger partial charge in [0.05, 0.1) is 23.8 Å². The number of rotatable bonds is 2. The summed E-state index contributed by atoms with van der Waals surface area (Å²) in [7, 11) is 0. The van der Waals surface area contributed by atoms with Crippen LogP contribution in [0.3, 0.4) is 0 Å². The van der Waals surface area contributed by atoms with Crippen LogP contribution in [0.25, 0.3) is 11.1 Å². The van der Waals surface area contributed by atoms with Gasteiger partial charge < -0.3 is 15.1 Å². The molecule has 0 aromatic heterocycles. The molecule has 5 rings (SSSR count). The molecule has 3 amide bonds. The highest BCUT2D eigenvalue weighted by Crippen LogP contribution is 2.31. The summed E-state index contributed by atoms with van der Waals surface area (Å²) in [6.07, 6.45) is 0. The normalized spacial score (nSPS) is 23.1. The molecule has 2 N–H and O–H groups in total. The van der Waals surface area contributed by atoms with Crippen LogP contribution < -0.4 is 10.6 Å². The maximum atomic E-state index is 13.4. The van der Waals surface area contributed by atoms with Crippen LogP contribution in [0.4, 0.5) is 5.69 Å². The standard InChI is InChI=1S/C22H21ClN4O3S/c23-15-4-1-13(2-5-15)14-3-6-17-16(9-14)21(29)27-8-7-26(10-19(27)20(28)25-17)22(30)18-11-31-12-24-18/h1-6,9,18-19,24H,7-8,10-12H2,(H,25,28)/t18-,19+/m0/s1. The average Bonchev–Trinajstić information content (AvgIpc) is 3.30. The number of benzene rings is 2. The molecule has 160 valence electrons. The number of fused-ring (bicyclic) bond motifs is 2. The van der Waals surface area contributed by atoms with Gasteiger partial charge in [0.15, 0.2) is 0 Å². The van der Waals surface area contributed by atoms with Crippen molar-refractivity contribution in [3.05, 3.63) is 53.1 Å².